The molecule has 0 atom stereocenters. The lowest BCUT2D eigenvalue weighted by atomic mass is 10.2. The summed E-state index contributed by atoms with van der Waals surface area (Å²) in [5.74, 6) is -0.0171. The summed E-state index contributed by atoms with van der Waals surface area (Å²) in [6, 6.07) is 1.23. The van der Waals surface area contributed by atoms with Crippen molar-refractivity contribution in [2.75, 3.05) is 5.32 Å². The third-order valence-corrected chi connectivity index (χ3v) is 2.92. The average Bonchev–Trinajstić information content (AvgIpc) is 2.87. The van der Waals surface area contributed by atoms with Crippen molar-refractivity contribution in [1.29, 1.82) is 0 Å². The lowest BCUT2D eigenvalue weighted by Crippen LogP contribution is -2.16. The van der Waals surface area contributed by atoms with E-state index in [2.05, 4.69) is 15.5 Å². The minimum absolute atomic E-state index is 0.123. The van der Waals surface area contributed by atoms with Crippen molar-refractivity contribution in [1.82, 2.24) is 14.8 Å². The SMILES string of the molecule is Cc1[nH]nc(NC(=O)c2cc([N+](=O)[O-])cn2C)c1C. The Hall–Kier alpha value is -2.64. The van der Waals surface area contributed by atoms with E-state index in [9.17, 15) is 14.9 Å². The van der Waals surface area contributed by atoms with Crippen LogP contribution >= 0.6 is 0 Å². The van der Waals surface area contributed by atoms with Crippen LogP contribution in [0.2, 0.25) is 0 Å². The number of aromatic nitrogens is 3. The number of nitrogens with one attached hydrogen (secondary N) is 2. The molecule has 2 N–H and O–H groups in total. The lowest BCUT2D eigenvalue weighted by molar-refractivity contribution is -0.384. The highest BCUT2D eigenvalue weighted by Gasteiger charge is 2.19. The average molecular weight is 263 g/mol. The molecule has 19 heavy (non-hydrogen) atoms. The van der Waals surface area contributed by atoms with Crippen LogP contribution in [0.25, 0.3) is 0 Å². The fraction of sp³-hybridized carbons (Fsp3) is 0.273. The van der Waals surface area contributed by atoms with Crippen LogP contribution in [0.1, 0.15) is 21.7 Å². The zero-order valence-electron chi connectivity index (χ0n) is 10.7. The topological polar surface area (TPSA) is 106 Å². The third-order valence-electron chi connectivity index (χ3n) is 2.92. The second-order valence-electron chi connectivity index (χ2n) is 4.23. The first kappa shape index (κ1) is 12.8. The molecular formula is C11H13N5O3. The molecule has 100 valence electrons. The Balaban J connectivity index is 2.25. The minimum Gasteiger partial charge on any atom is -0.340 e. The van der Waals surface area contributed by atoms with E-state index < -0.39 is 10.8 Å². The fourth-order valence-corrected chi connectivity index (χ4v) is 1.65. The molecule has 2 rings (SSSR count). The molecule has 2 heterocycles. The van der Waals surface area contributed by atoms with E-state index in [-0.39, 0.29) is 11.4 Å². The van der Waals surface area contributed by atoms with Gasteiger partial charge in [-0.15, -0.1) is 0 Å². The summed E-state index contributed by atoms with van der Waals surface area (Å²) >= 11 is 0. The molecule has 2 aromatic rings. The van der Waals surface area contributed by atoms with Crippen molar-refractivity contribution in [3.63, 3.8) is 0 Å². The molecule has 0 aromatic carbocycles. The van der Waals surface area contributed by atoms with Gasteiger partial charge in [0.05, 0.1) is 11.1 Å². The predicted molar refractivity (Wildman–Crippen MR) is 68.1 cm³/mol. The standard InChI is InChI=1S/C11H13N5O3/c1-6-7(2)13-14-10(6)12-11(17)9-4-8(16(18)19)5-15(9)3/h4-5H,1-3H3,(H2,12,13,14,17). The van der Waals surface area contributed by atoms with Gasteiger partial charge in [0.2, 0.25) is 0 Å². The quantitative estimate of drug-likeness (QED) is 0.646. The van der Waals surface area contributed by atoms with Crippen LogP contribution in [0, 0.1) is 24.0 Å². The van der Waals surface area contributed by atoms with Gasteiger partial charge in [-0.05, 0) is 13.8 Å². The Morgan fingerprint density at radius 3 is 2.68 bits per heavy atom. The van der Waals surface area contributed by atoms with Gasteiger partial charge >= 0.3 is 0 Å². The lowest BCUT2D eigenvalue weighted by Gasteiger charge is -2.03. The summed E-state index contributed by atoms with van der Waals surface area (Å²) in [6.45, 7) is 3.66. The molecule has 0 radical (unpaired) electrons. The zero-order valence-corrected chi connectivity index (χ0v) is 10.7. The van der Waals surface area contributed by atoms with Crippen molar-refractivity contribution >= 4 is 17.4 Å². The monoisotopic (exact) mass is 263 g/mol. The Morgan fingerprint density at radius 1 is 1.53 bits per heavy atom. The van der Waals surface area contributed by atoms with Gasteiger partial charge in [-0.3, -0.25) is 20.0 Å². The third kappa shape index (κ3) is 2.32. The molecule has 0 aliphatic rings. The number of rotatable bonds is 3. The first-order chi connectivity index (χ1) is 8.90. The molecule has 0 aliphatic carbocycles. The van der Waals surface area contributed by atoms with Crippen LogP contribution < -0.4 is 5.32 Å². The van der Waals surface area contributed by atoms with Crippen molar-refractivity contribution < 1.29 is 9.72 Å². The van der Waals surface area contributed by atoms with Crippen molar-refractivity contribution in [2.24, 2.45) is 7.05 Å². The number of carbonyl (C=O) groups is 1. The van der Waals surface area contributed by atoms with Gasteiger partial charge in [0.15, 0.2) is 5.82 Å². The number of H-pyrrole nitrogens is 1. The highest BCUT2D eigenvalue weighted by molar-refractivity contribution is 6.03. The summed E-state index contributed by atoms with van der Waals surface area (Å²) in [5.41, 5.74) is 1.76. The van der Waals surface area contributed by atoms with E-state index in [1.165, 1.54) is 16.8 Å². The summed E-state index contributed by atoms with van der Waals surface area (Å²) in [4.78, 5) is 22.1. The summed E-state index contributed by atoms with van der Waals surface area (Å²) < 4.78 is 1.41. The molecule has 0 spiro atoms. The molecule has 2 aromatic heterocycles. The first-order valence-electron chi connectivity index (χ1n) is 5.54. The van der Waals surface area contributed by atoms with Crippen LogP contribution in [0.4, 0.5) is 11.5 Å². The van der Waals surface area contributed by atoms with Crippen LogP contribution in [-0.2, 0) is 7.05 Å². The second kappa shape index (κ2) is 4.56. The molecule has 0 unspecified atom stereocenters. The minimum atomic E-state index is -0.541. The number of hydrogen-bond donors (Lipinski definition) is 2. The molecule has 0 bridgehead atoms. The molecule has 0 fully saturated rings. The van der Waals surface area contributed by atoms with E-state index in [0.717, 1.165) is 11.3 Å². The van der Waals surface area contributed by atoms with E-state index in [4.69, 9.17) is 0 Å². The van der Waals surface area contributed by atoms with Gasteiger partial charge in [-0.25, -0.2) is 0 Å². The largest absolute Gasteiger partial charge is 0.340 e. The summed E-state index contributed by atoms with van der Waals surface area (Å²) in [7, 11) is 1.57. The Morgan fingerprint density at radius 2 is 2.21 bits per heavy atom. The Bertz CT molecular complexity index is 655. The normalized spacial score (nSPS) is 10.5. The van der Waals surface area contributed by atoms with Crippen molar-refractivity contribution in [2.45, 2.75) is 13.8 Å². The molecule has 1 amide bonds. The van der Waals surface area contributed by atoms with Crippen LogP contribution in [0.3, 0.4) is 0 Å². The van der Waals surface area contributed by atoms with Crippen LogP contribution in [-0.4, -0.2) is 25.6 Å². The van der Waals surface area contributed by atoms with E-state index in [1.54, 1.807) is 7.05 Å². The molecule has 0 saturated carbocycles. The smallest absolute Gasteiger partial charge is 0.287 e. The van der Waals surface area contributed by atoms with Gasteiger partial charge in [0.1, 0.15) is 5.69 Å². The van der Waals surface area contributed by atoms with Gasteiger partial charge in [0.25, 0.3) is 11.6 Å². The van der Waals surface area contributed by atoms with Gasteiger partial charge in [-0.1, -0.05) is 0 Å². The van der Waals surface area contributed by atoms with Gasteiger partial charge in [0, 0.05) is 24.4 Å². The van der Waals surface area contributed by atoms with Crippen LogP contribution in [0.15, 0.2) is 12.3 Å². The maximum Gasteiger partial charge on any atom is 0.287 e. The maximum absolute atomic E-state index is 12.0. The number of amides is 1. The maximum atomic E-state index is 12.0. The summed E-state index contributed by atoms with van der Waals surface area (Å²) in [6.07, 6.45) is 1.29. The molecule has 0 aliphatic heterocycles. The van der Waals surface area contributed by atoms with Gasteiger partial charge in [-0.2, -0.15) is 5.10 Å². The fourth-order valence-electron chi connectivity index (χ4n) is 1.65. The first-order valence-corrected chi connectivity index (χ1v) is 5.54. The highest BCUT2D eigenvalue weighted by Crippen LogP contribution is 2.18. The molecule has 0 saturated heterocycles. The van der Waals surface area contributed by atoms with Crippen molar-refractivity contribution in [3.05, 3.63) is 39.3 Å². The number of hydrogen-bond acceptors (Lipinski definition) is 4. The predicted octanol–water partition coefficient (Wildman–Crippen LogP) is 1.53. The Kier molecular flexibility index (Phi) is 3.07. The molecular weight excluding hydrogens is 250 g/mol. The Labute approximate surface area is 108 Å². The van der Waals surface area contributed by atoms with E-state index in [1.807, 2.05) is 13.8 Å². The zero-order chi connectivity index (χ0) is 14.2. The number of anilines is 1. The number of carbonyl (C=O) groups excluding carboxylic acids is 1. The van der Waals surface area contributed by atoms with Crippen LogP contribution in [0.5, 0.6) is 0 Å². The number of nitrogens with zero attached hydrogens (tertiary/aromatic N) is 3. The van der Waals surface area contributed by atoms with Gasteiger partial charge < -0.3 is 9.88 Å². The summed E-state index contributed by atoms with van der Waals surface area (Å²) in [5, 5.41) is 20.0. The van der Waals surface area contributed by atoms with E-state index in [0.29, 0.717) is 5.82 Å². The second-order valence-corrected chi connectivity index (χ2v) is 4.23. The van der Waals surface area contributed by atoms with E-state index >= 15 is 0 Å². The number of aromatic amines is 1. The highest BCUT2D eigenvalue weighted by atomic mass is 16.6. The number of aryl methyl sites for hydroxylation is 2. The number of nitro groups is 1. The van der Waals surface area contributed by atoms with Crippen molar-refractivity contribution in [3.8, 4) is 0 Å². The molecule has 8 nitrogen and oxygen atoms in total. The molecule has 8 heteroatoms.